The van der Waals surface area contributed by atoms with E-state index in [-0.39, 0.29) is 34.6 Å². The van der Waals surface area contributed by atoms with Crippen LogP contribution in [0.2, 0.25) is 0 Å². The zero-order valence-corrected chi connectivity index (χ0v) is 17.3. The predicted octanol–water partition coefficient (Wildman–Crippen LogP) is 0.733. The summed E-state index contributed by atoms with van der Waals surface area (Å²) < 4.78 is 13.3. The van der Waals surface area contributed by atoms with Crippen LogP contribution in [0.25, 0.3) is 10.9 Å². The maximum absolute atomic E-state index is 13.3. The molecule has 0 fully saturated rings. The van der Waals surface area contributed by atoms with E-state index in [0.717, 1.165) is 22.8 Å². The van der Waals surface area contributed by atoms with Crippen molar-refractivity contribution >= 4 is 28.2 Å². The highest BCUT2D eigenvalue weighted by Gasteiger charge is 2.26. The van der Waals surface area contributed by atoms with Crippen molar-refractivity contribution in [1.29, 1.82) is 0 Å². The summed E-state index contributed by atoms with van der Waals surface area (Å²) in [6, 6.07) is 9.35. The standard InChI is InChI=1S/C23H18FN5O4/c24-14-3-4-16-15(8-14)22(32)28-21(27-16)23(33)26-9-11-1-2-12-5-6-29(10-13(12)7-11)18-17(25)19(30)20(18)31/h1-4,7-8H,5-6,9-10,25H2,(H,26,33)(H,27,28,32). The lowest BCUT2D eigenvalue weighted by molar-refractivity contribution is 0.0940. The number of aromatic amines is 1. The number of hydrogen-bond acceptors (Lipinski definition) is 7. The molecule has 5 rings (SSSR count). The average Bonchev–Trinajstić information content (AvgIpc) is 2.82. The third-order valence-electron chi connectivity index (χ3n) is 5.86. The van der Waals surface area contributed by atoms with Crippen molar-refractivity contribution in [2.45, 2.75) is 19.5 Å². The summed E-state index contributed by atoms with van der Waals surface area (Å²) in [5, 5.41) is 2.78. The second-order valence-corrected chi connectivity index (χ2v) is 7.95. The number of H-pyrrole nitrogens is 1. The number of fused-ring (bicyclic) bond motifs is 2. The van der Waals surface area contributed by atoms with Crippen LogP contribution in [0.3, 0.4) is 0 Å². The molecular formula is C23H18FN5O4. The van der Waals surface area contributed by atoms with Gasteiger partial charge in [0.25, 0.3) is 22.3 Å². The van der Waals surface area contributed by atoms with Gasteiger partial charge in [-0.1, -0.05) is 18.2 Å². The molecule has 0 saturated carbocycles. The smallest absolute Gasteiger partial charge is 0.287 e. The summed E-state index contributed by atoms with van der Waals surface area (Å²) in [7, 11) is 0. The summed E-state index contributed by atoms with van der Waals surface area (Å²) in [5.74, 6) is -1.31. The number of amides is 1. The van der Waals surface area contributed by atoms with Crippen LogP contribution in [-0.4, -0.2) is 22.4 Å². The van der Waals surface area contributed by atoms with Gasteiger partial charge in [-0.25, -0.2) is 9.37 Å². The highest BCUT2D eigenvalue weighted by molar-refractivity contribution is 5.92. The Morgan fingerprint density at radius 2 is 1.94 bits per heavy atom. The predicted molar refractivity (Wildman–Crippen MR) is 120 cm³/mol. The Labute approximate surface area is 185 Å². The van der Waals surface area contributed by atoms with E-state index in [9.17, 15) is 23.6 Å². The number of nitrogen functional groups attached to an aromatic ring is 1. The van der Waals surface area contributed by atoms with Gasteiger partial charge in [-0.3, -0.25) is 19.2 Å². The number of nitrogens with two attached hydrogens (primary N) is 1. The number of anilines is 2. The number of carbonyl (C=O) groups excluding carboxylic acids is 1. The van der Waals surface area contributed by atoms with E-state index in [1.165, 1.54) is 12.1 Å². The maximum atomic E-state index is 13.3. The van der Waals surface area contributed by atoms with E-state index in [4.69, 9.17) is 5.73 Å². The van der Waals surface area contributed by atoms with Crippen molar-refractivity contribution in [2.24, 2.45) is 0 Å². The number of rotatable bonds is 4. The van der Waals surface area contributed by atoms with Gasteiger partial charge in [0.15, 0.2) is 5.82 Å². The first-order valence-corrected chi connectivity index (χ1v) is 10.2. The molecule has 1 amide bonds. The topological polar surface area (TPSA) is 138 Å². The van der Waals surface area contributed by atoms with Gasteiger partial charge < -0.3 is 20.9 Å². The molecule has 0 atom stereocenters. The molecule has 0 spiro atoms. The quantitative estimate of drug-likeness (QED) is 0.392. The minimum absolute atomic E-state index is 0.00600. The van der Waals surface area contributed by atoms with Gasteiger partial charge in [0.2, 0.25) is 0 Å². The average molecular weight is 447 g/mol. The lowest BCUT2D eigenvalue weighted by atomic mass is 9.96. The maximum Gasteiger partial charge on any atom is 0.287 e. The number of halogens is 1. The highest BCUT2D eigenvalue weighted by Crippen LogP contribution is 2.26. The van der Waals surface area contributed by atoms with Crippen LogP contribution in [0.15, 0.2) is 50.8 Å². The van der Waals surface area contributed by atoms with Gasteiger partial charge in [-0.15, -0.1) is 0 Å². The lowest BCUT2D eigenvalue weighted by Crippen LogP contribution is -2.44. The van der Waals surface area contributed by atoms with Crippen LogP contribution < -0.4 is 32.4 Å². The Balaban J connectivity index is 1.32. The van der Waals surface area contributed by atoms with Crippen molar-refractivity contribution in [3.8, 4) is 0 Å². The molecule has 1 aliphatic heterocycles. The second-order valence-electron chi connectivity index (χ2n) is 7.95. The van der Waals surface area contributed by atoms with Crippen LogP contribution in [0, 0.1) is 5.82 Å². The monoisotopic (exact) mass is 447 g/mol. The third-order valence-corrected chi connectivity index (χ3v) is 5.86. The van der Waals surface area contributed by atoms with Crippen LogP contribution in [0.4, 0.5) is 15.8 Å². The molecule has 1 aliphatic rings. The Morgan fingerprint density at radius 3 is 2.73 bits per heavy atom. The Morgan fingerprint density at radius 1 is 1.12 bits per heavy atom. The number of nitrogens with zero attached hydrogens (tertiary/aromatic N) is 2. The van der Waals surface area contributed by atoms with E-state index < -0.39 is 28.1 Å². The van der Waals surface area contributed by atoms with Crippen molar-refractivity contribution < 1.29 is 9.18 Å². The molecule has 0 unspecified atom stereocenters. The summed E-state index contributed by atoms with van der Waals surface area (Å²) in [6.45, 7) is 1.20. The largest absolute Gasteiger partial charge is 0.394 e. The fraction of sp³-hybridized carbons (Fsp3) is 0.174. The van der Waals surface area contributed by atoms with E-state index >= 15 is 0 Å². The molecule has 0 radical (unpaired) electrons. The third kappa shape index (κ3) is 3.55. The lowest BCUT2D eigenvalue weighted by Gasteiger charge is -2.32. The van der Waals surface area contributed by atoms with E-state index in [2.05, 4.69) is 15.3 Å². The minimum Gasteiger partial charge on any atom is -0.394 e. The minimum atomic E-state index is -0.641. The first-order valence-electron chi connectivity index (χ1n) is 10.2. The van der Waals surface area contributed by atoms with Crippen LogP contribution in [0.1, 0.15) is 27.3 Å². The molecule has 10 heteroatoms. The van der Waals surface area contributed by atoms with Crippen LogP contribution >= 0.6 is 0 Å². The first-order chi connectivity index (χ1) is 15.8. The molecule has 0 aliphatic carbocycles. The fourth-order valence-corrected chi connectivity index (χ4v) is 4.11. The Hall–Kier alpha value is -4.34. The molecule has 0 bridgehead atoms. The molecule has 9 nitrogen and oxygen atoms in total. The summed E-state index contributed by atoms with van der Waals surface area (Å²) >= 11 is 0. The van der Waals surface area contributed by atoms with Crippen molar-refractivity contribution in [3.05, 3.63) is 95.5 Å². The summed E-state index contributed by atoms with van der Waals surface area (Å²) in [6.07, 6.45) is 0.697. The molecule has 4 N–H and O–H groups in total. The first kappa shape index (κ1) is 20.6. The number of benzene rings is 2. The molecule has 3 aromatic carbocycles. The fourth-order valence-electron chi connectivity index (χ4n) is 4.11. The van der Waals surface area contributed by atoms with Crippen LogP contribution in [-0.2, 0) is 19.5 Å². The Kier molecular flexibility index (Phi) is 4.77. The highest BCUT2D eigenvalue weighted by atomic mass is 19.1. The summed E-state index contributed by atoms with van der Waals surface area (Å²) in [4.78, 5) is 56.3. The van der Waals surface area contributed by atoms with E-state index in [1.807, 2.05) is 18.2 Å². The molecule has 2 heterocycles. The van der Waals surface area contributed by atoms with Gasteiger partial charge >= 0.3 is 0 Å². The van der Waals surface area contributed by atoms with Crippen molar-refractivity contribution in [3.63, 3.8) is 0 Å². The summed E-state index contributed by atoms with van der Waals surface area (Å²) in [5.41, 5.74) is 7.30. The van der Waals surface area contributed by atoms with Gasteiger partial charge in [0.1, 0.15) is 17.2 Å². The molecular weight excluding hydrogens is 429 g/mol. The Bertz CT molecular complexity index is 1570. The van der Waals surface area contributed by atoms with Gasteiger partial charge in [0, 0.05) is 19.6 Å². The molecule has 0 saturated heterocycles. The van der Waals surface area contributed by atoms with E-state index in [0.29, 0.717) is 19.5 Å². The van der Waals surface area contributed by atoms with Gasteiger partial charge in [-0.2, -0.15) is 0 Å². The zero-order chi connectivity index (χ0) is 23.3. The number of carbonyl (C=O) groups is 1. The normalized spacial score (nSPS) is 13.3. The number of aromatic nitrogens is 2. The molecule has 166 valence electrons. The van der Waals surface area contributed by atoms with Crippen molar-refractivity contribution in [1.82, 2.24) is 15.3 Å². The van der Waals surface area contributed by atoms with E-state index in [1.54, 1.807) is 4.90 Å². The van der Waals surface area contributed by atoms with Gasteiger partial charge in [0.05, 0.1) is 10.9 Å². The second kappa shape index (κ2) is 7.66. The van der Waals surface area contributed by atoms with Crippen LogP contribution in [0.5, 0.6) is 0 Å². The molecule has 33 heavy (non-hydrogen) atoms. The van der Waals surface area contributed by atoms with Gasteiger partial charge in [-0.05, 0) is 41.3 Å². The molecule has 1 aromatic heterocycles. The SMILES string of the molecule is Nc1c(N2CCc3ccc(CNC(=O)c4nc5ccc(F)cc5c(=O)[nH]4)cc3C2)c(=O)c1=O. The number of nitrogens with one attached hydrogen (secondary N) is 2. The molecule has 4 aromatic rings. The zero-order valence-electron chi connectivity index (χ0n) is 17.3. The number of hydrogen-bond donors (Lipinski definition) is 3. The van der Waals surface area contributed by atoms with Crippen molar-refractivity contribution in [2.75, 3.05) is 17.2 Å².